The Kier molecular flexibility index (Phi) is 2.95. The summed E-state index contributed by atoms with van der Waals surface area (Å²) in [4.78, 5) is 12.8. The van der Waals surface area contributed by atoms with E-state index in [9.17, 15) is 18.0 Å². The van der Waals surface area contributed by atoms with Gasteiger partial charge in [0, 0.05) is 12.3 Å². The fourth-order valence-electron chi connectivity index (χ4n) is 0.941. The van der Waals surface area contributed by atoms with Crippen molar-refractivity contribution in [2.24, 2.45) is 0 Å². The number of nitriles is 1. The number of aromatic nitrogens is 1. The smallest absolute Gasteiger partial charge is 0.328 e. The fourth-order valence-corrected chi connectivity index (χ4v) is 0.941. The molecule has 0 aromatic carbocycles. The van der Waals surface area contributed by atoms with E-state index in [0.29, 0.717) is 6.07 Å². The summed E-state index contributed by atoms with van der Waals surface area (Å²) < 4.78 is 36.7. The Hall–Kier alpha value is -2.03. The number of alkyl halides is 3. The zero-order chi connectivity index (χ0) is 11.5. The average Bonchev–Trinajstić information content (AvgIpc) is 2.15. The summed E-state index contributed by atoms with van der Waals surface area (Å²) in [5, 5.41) is 8.18. The Morgan fingerprint density at radius 2 is 2.13 bits per heavy atom. The van der Waals surface area contributed by atoms with E-state index in [1.54, 1.807) is 6.07 Å². The predicted octanol–water partition coefficient (Wildman–Crippen LogP) is 1.93. The lowest BCUT2D eigenvalue weighted by molar-refractivity contribution is -0.138. The molecule has 0 aliphatic carbocycles. The van der Waals surface area contributed by atoms with Gasteiger partial charge in [0.1, 0.15) is 5.56 Å². The van der Waals surface area contributed by atoms with Gasteiger partial charge in [0.2, 0.25) is 0 Å². The molecule has 1 N–H and O–H groups in total. The van der Waals surface area contributed by atoms with Crippen molar-refractivity contribution >= 4 is 6.08 Å². The van der Waals surface area contributed by atoms with Gasteiger partial charge in [-0.25, -0.2) is 0 Å². The minimum absolute atomic E-state index is 0.114. The van der Waals surface area contributed by atoms with Gasteiger partial charge >= 0.3 is 6.18 Å². The van der Waals surface area contributed by atoms with Crippen molar-refractivity contribution in [3.8, 4) is 6.07 Å². The van der Waals surface area contributed by atoms with Gasteiger partial charge in [0.25, 0.3) is 5.56 Å². The molecular formula is C9H5F3N2O. The van der Waals surface area contributed by atoms with Crippen molar-refractivity contribution in [1.82, 2.24) is 4.98 Å². The summed E-state index contributed by atoms with van der Waals surface area (Å²) in [6.45, 7) is 0. The second-order valence-electron chi connectivity index (χ2n) is 2.64. The molecule has 78 valence electrons. The van der Waals surface area contributed by atoms with Crippen molar-refractivity contribution in [1.29, 1.82) is 5.26 Å². The van der Waals surface area contributed by atoms with Crippen molar-refractivity contribution in [3.63, 3.8) is 0 Å². The molecule has 0 saturated heterocycles. The summed E-state index contributed by atoms with van der Waals surface area (Å²) >= 11 is 0. The molecule has 0 aliphatic heterocycles. The van der Waals surface area contributed by atoms with E-state index in [4.69, 9.17) is 5.26 Å². The van der Waals surface area contributed by atoms with Crippen LogP contribution in [0.15, 0.2) is 23.1 Å². The third-order valence-corrected chi connectivity index (χ3v) is 1.58. The third-order valence-electron chi connectivity index (χ3n) is 1.58. The second-order valence-corrected chi connectivity index (χ2v) is 2.64. The highest BCUT2D eigenvalue weighted by molar-refractivity contribution is 5.51. The predicted molar refractivity (Wildman–Crippen MR) is 46.7 cm³/mol. The van der Waals surface area contributed by atoms with E-state index < -0.39 is 17.3 Å². The number of pyridine rings is 1. The monoisotopic (exact) mass is 214 g/mol. The van der Waals surface area contributed by atoms with Crippen molar-refractivity contribution in [2.45, 2.75) is 6.18 Å². The van der Waals surface area contributed by atoms with Crippen LogP contribution in [0.5, 0.6) is 0 Å². The largest absolute Gasteiger partial charge is 0.421 e. The number of allylic oxidation sites excluding steroid dienone is 1. The molecular weight excluding hydrogens is 209 g/mol. The number of hydrogen-bond acceptors (Lipinski definition) is 2. The van der Waals surface area contributed by atoms with Crippen LogP contribution >= 0.6 is 0 Å². The maximum atomic E-state index is 12.2. The molecule has 0 saturated carbocycles. The summed E-state index contributed by atoms with van der Waals surface area (Å²) in [6.07, 6.45) is -1.39. The lowest BCUT2D eigenvalue weighted by Crippen LogP contribution is -2.21. The van der Waals surface area contributed by atoms with Crippen LogP contribution in [0, 0.1) is 11.3 Å². The van der Waals surface area contributed by atoms with E-state index in [0.717, 1.165) is 12.3 Å². The van der Waals surface area contributed by atoms with Crippen LogP contribution in [-0.4, -0.2) is 4.98 Å². The number of nitrogens with one attached hydrogen (secondary N) is 1. The van der Waals surface area contributed by atoms with Gasteiger partial charge in [-0.3, -0.25) is 4.79 Å². The third kappa shape index (κ3) is 2.71. The normalized spacial score (nSPS) is 11.6. The summed E-state index contributed by atoms with van der Waals surface area (Å²) in [5.41, 5.74) is -2.36. The van der Waals surface area contributed by atoms with Gasteiger partial charge in [0.15, 0.2) is 0 Å². The standard InChI is InChI=1S/C9H5F3N2O/c10-9(11,12)7-4-6(2-1-3-13)5-14-8(7)15/h1-2,4-5H,(H,14,15). The molecule has 0 spiro atoms. The van der Waals surface area contributed by atoms with E-state index in [-0.39, 0.29) is 5.56 Å². The number of rotatable bonds is 1. The first-order valence-electron chi connectivity index (χ1n) is 3.81. The fraction of sp³-hybridized carbons (Fsp3) is 0.111. The van der Waals surface area contributed by atoms with Crippen LogP contribution in [0.1, 0.15) is 11.1 Å². The first-order valence-corrected chi connectivity index (χ1v) is 3.81. The quantitative estimate of drug-likeness (QED) is 0.726. The van der Waals surface area contributed by atoms with Gasteiger partial charge in [-0.15, -0.1) is 0 Å². The first kappa shape index (κ1) is 11.0. The maximum Gasteiger partial charge on any atom is 0.421 e. The minimum atomic E-state index is -4.69. The number of H-pyrrole nitrogens is 1. The molecule has 0 bridgehead atoms. The topological polar surface area (TPSA) is 56.6 Å². The van der Waals surface area contributed by atoms with Crippen molar-refractivity contribution in [2.75, 3.05) is 0 Å². The summed E-state index contributed by atoms with van der Waals surface area (Å²) in [5.74, 6) is 0. The van der Waals surface area contributed by atoms with E-state index >= 15 is 0 Å². The SMILES string of the molecule is N#CC=Cc1c[nH]c(=O)c(C(F)(F)F)c1. The molecule has 0 radical (unpaired) electrons. The van der Waals surface area contributed by atoms with Gasteiger partial charge in [0.05, 0.1) is 6.07 Å². The minimum Gasteiger partial charge on any atom is -0.328 e. The highest BCUT2D eigenvalue weighted by Crippen LogP contribution is 2.26. The number of halogens is 3. The van der Waals surface area contributed by atoms with Gasteiger partial charge in [-0.2, -0.15) is 18.4 Å². The van der Waals surface area contributed by atoms with E-state index in [2.05, 4.69) is 0 Å². The van der Waals surface area contributed by atoms with Gasteiger partial charge in [-0.05, 0) is 17.7 Å². The van der Waals surface area contributed by atoms with Crippen LogP contribution in [0.4, 0.5) is 13.2 Å². The Morgan fingerprint density at radius 3 is 2.67 bits per heavy atom. The average molecular weight is 214 g/mol. The van der Waals surface area contributed by atoms with Crippen LogP contribution in [0.3, 0.4) is 0 Å². The molecule has 3 nitrogen and oxygen atoms in total. The van der Waals surface area contributed by atoms with Gasteiger partial charge in [-0.1, -0.05) is 0 Å². The number of aromatic amines is 1. The molecule has 1 heterocycles. The molecule has 6 heteroatoms. The molecule has 0 amide bonds. The summed E-state index contributed by atoms with van der Waals surface area (Å²) in [6, 6.07) is 2.32. The molecule has 15 heavy (non-hydrogen) atoms. The van der Waals surface area contributed by atoms with Crippen LogP contribution < -0.4 is 5.56 Å². The Bertz CT molecular complexity index is 479. The molecule has 1 rings (SSSR count). The molecule has 1 aromatic rings. The van der Waals surface area contributed by atoms with E-state index in [1.165, 1.54) is 6.08 Å². The first-order chi connectivity index (χ1) is 6.95. The van der Waals surface area contributed by atoms with Crippen LogP contribution in [-0.2, 0) is 6.18 Å². The zero-order valence-corrected chi connectivity index (χ0v) is 7.30. The lowest BCUT2D eigenvalue weighted by atomic mass is 10.2. The number of hydrogen-bond donors (Lipinski definition) is 1. The van der Waals surface area contributed by atoms with E-state index in [1.807, 2.05) is 4.98 Å². The molecule has 0 fully saturated rings. The molecule has 1 aromatic heterocycles. The molecule has 0 unspecified atom stereocenters. The van der Waals surface area contributed by atoms with Crippen LogP contribution in [0.25, 0.3) is 6.08 Å². The van der Waals surface area contributed by atoms with Crippen LogP contribution in [0.2, 0.25) is 0 Å². The second kappa shape index (κ2) is 4.00. The zero-order valence-electron chi connectivity index (χ0n) is 7.30. The molecule has 0 aliphatic rings. The van der Waals surface area contributed by atoms with Gasteiger partial charge < -0.3 is 4.98 Å². The number of nitrogens with zero attached hydrogens (tertiary/aromatic N) is 1. The highest BCUT2D eigenvalue weighted by atomic mass is 19.4. The maximum absolute atomic E-state index is 12.2. The Labute approximate surface area is 82.5 Å². The molecule has 0 atom stereocenters. The summed E-state index contributed by atoms with van der Waals surface area (Å²) in [7, 11) is 0. The highest BCUT2D eigenvalue weighted by Gasteiger charge is 2.33. The lowest BCUT2D eigenvalue weighted by Gasteiger charge is -2.05. The van der Waals surface area contributed by atoms with Crippen molar-refractivity contribution in [3.05, 3.63) is 39.8 Å². The Balaban J connectivity index is 3.25. The Morgan fingerprint density at radius 1 is 1.47 bits per heavy atom. The van der Waals surface area contributed by atoms with Crippen molar-refractivity contribution < 1.29 is 13.2 Å².